The number of hydrogen-bond donors (Lipinski definition) is 3. The number of fused-ring (bicyclic) bond motifs is 7. The van der Waals surface area contributed by atoms with Crippen LogP contribution in [0, 0.1) is 56.7 Å². The van der Waals surface area contributed by atoms with Gasteiger partial charge in [0.1, 0.15) is 5.75 Å². The molecule has 0 saturated heterocycles. The Hall–Kier alpha value is -2.11. The maximum absolute atomic E-state index is 12.8. The van der Waals surface area contributed by atoms with Gasteiger partial charge in [-0.3, -0.25) is 0 Å². The number of carbonyl (C=O) groups is 1. The van der Waals surface area contributed by atoms with Crippen LogP contribution in [0.25, 0.3) is 6.08 Å². The van der Waals surface area contributed by atoms with Gasteiger partial charge < -0.3 is 20.1 Å². The van der Waals surface area contributed by atoms with Crippen molar-refractivity contribution in [3.05, 3.63) is 48.1 Å². The number of carbonyl (C=O) groups excluding carboxylic acids is 1. The van der Waals surface area contributed by atoms with Crippen molar-refractivity contribution in [2.45, 2.75) is 105 Å². The average molecular weight is 605 g/mol. The summed E-state index contributed by atoms with van der Waals surface area (Å²) in [5.74, 6) is 2.28. The van der Waals surface area contributed by atoms with Gasteiger partial charge in [-0.15, -0.1) is 0 Å². The Balaban J connectivity index is 1.24. The molecule has 5 saturated carbocycles. The van der Waals surface area contributed by atoms with Gasteiger partial charge in [0, 0.05) is 18.1 Å². The molecule has 0 unspecified atom stereocenters. The predicted octanol–water partition coefficient (Wildman–Crippen LogP) is 7.94. The summed E-state index contributed by atoms with van der Waals surface area (Å²) in [6.45, 7) is 17.1. The molecular formula is C39H56O5. The van der Waals surface area contributed by atoms with Gasteiger partial charge in [-0.1, -0.05) is 52.0 Å². The Bertz CT molecular complexity index is 1300. The minimum Gasteiger partial charge on any atom is -0.508 e. The summed E-state index contributed by atoms with van der Waals surface area (Å²) in [6, 6.07) is 6.71. The standard InChI is InChI=1S/C39H56O5/c1-25(2)28-15-20-39(23-40)22-21-37(5)29(34(28)39)12-13-31-35(3)18-17-32(42)36(4,30(35)16-19-38(31,37)6)24-44-33(43)14-9-26-7-10-27(41)11-8-26/h7-11,14,28-32,34,40-42H,1,12-13,15-24H2,2-6H3/b14-9-/t28-,29+,30+,31+,32-,34+,35-,36-,37+,38+,39+/m0/s1. The van der Waals surface area contributed by atoms with Crippen molar-refractivity contribution in [3.8, 4) is 5.75 Å². The molecule has 0 aliphatic heterocycles. The van der Waals surface area contributed by atoms with Gasteiger partial charge in [0.2, 0.25) is 0 Å². The van der Waals surface area contributed by atoms with Gasteiger partial charge >= 0.3 is 5.97 Å². The monoisotopic (exact) mass is 604 g/mol. The van der Waals surface area contributed by atoms with E-state index < -0.39 is 17.5 Å². The Labute approximate surface area is 265 Å². The molecule has 0 amide bonds. The van der Waals surface area contributed by atoms with E-state index in [1.165, 1.54) is 37.3 Å². The molecule has 5 aliphatic carbocycles. The lowest BCUT2D eigenvalue weighted by Crippen LogP contribution is -2.67. The lowest BCUT2D eigenvalue weighted by Gasteiger charge is -2.73. The van der Waals surface area contributed by atoms with Crippen LogP contribution >= 0.6 is 0 Å². The summed E-state index contributed by atoms with van der Waals surface area (Å²) in [6.07, 6.45) is 13.6. The van der Waals surface area contributed by atoms with Crippen LogP contribution < -0.4 is 0 Å². The first-order valence-corrected chi connectivity index (χ1v) is 17.3. The lowest BCUT2D eigenvalue weighted by atomic mass is 9.32. The van der Waals surface area contributed by atoms with Gasteiger partial charge in [0.25, 0.3) is 0 Å². The summed E-state index contributed by atoms with van der Waals surface area (Å²) in [4.78, 5) is 12.8. The van der Waals surface area contributed by atoms with Crippen molar-refractivity contribution in [1.82, 2.24) is 0 Å². The molecule has 44 heavy (non-hydrogen) atoms. The maximum atomic E-state index is 12.8. The number of benzene rings is 1. The minimum atomic E-state index is -0.500. The third kappa shape index (κ3) is 4.57. The van der Waals surface area contributed by atoms with E-state index in [1.807, 2.05) is 0 Å². The topological polar surface area (TPSA) is 87.0 Å². The van der Waals surface area contributed by atoms with Crippen LogP contribution in [0.1, 0.15) is 104 Å². The summed E-state index contributed by atoms with van der Waals surface area (Å²) in [7, 11) is 0. The first kappa shape index (κ1) is 31.9. The van der Waals surface area contributed by atoms with E-state index in [4.69, 9.17) is 4.74 Å². The Morgan fingerprint density at radius 2 is 1.66 bits per heavy atom. The van der Waals surface area contributed by atoms with E-state index in [-0.39, 0.29) is 39.9 Å². The molecule has 0 bridgehead atoms. The second-order valence-electron chi connectivity index (χ2n) is 16.8. The van der Waals surface area contributed by atoms with E-state index >= 15 is 0 Å². The molecule has 6 rings (SSSR count). The number of rotatable bonds is 6. The average Bonchev–Trinajstić information content (AvgIpc) is 3.39. The Morgan fingerprint density at radius 3 is 2.34 bits per heavy atom. The van der Waals surface area contributed by atoms with E-state index in [1.54, 1.807) is 30.3 Å². The fraction of sp³-hybridized carbons (Fsp3) is 0.718. The molecule has 242 valence electrons. The van der Waals surface area contributed by atoms with Crippen LogP contribution in [-0.4, -0.2) is 40.6 Å². The van der Waals surface area contributed by atoms with E-state index in [0.717, 1.165) is 44.1 Å². The van der Waals surface area contributed by atoms with Gasteiger partial charge in [0.15, 0.2) is 0 Å². The first-order chi connectivity index (χ1) is 20.7. The number of esters is 1. The van der Waals surface area contributed by atoms with Crippen molar-refractivity contribution < 1.29 is 24.9 Å². The Kier molecular flexibility index (Phi) is 7.97. The zero-order chi connectivity index (χ0) is 31.7. The number of phenolic OH excluding ortho intramolecular Hbond substituents is 1. The summed E-state index contributed by atoms with van der Waals surface area (Å²) in [5, 5.41) is 31.8. The molecule has 5 nitrogen and oxygen atoms in total. The van der Waals surface area contributed by atoms with Crippen molar-refractivity contribution in [1.29, 1.82) is 0 Å². The SMILES string of the molecule is C=C(C)[C@@H]1CC[C@]2(CO)CC[C@]3(C)[C@H](CC[C@@H]4[C@@]5(C)CC[C@H](O)[C@@](C)(COC(=O)/C=C\c6ccc(O)cc6)[C@@H]5CC[C@]43C)[C@@H]12. The van der Waals surface area contributed by atoms with E-state index in [0.29, 0.717) is 30.3 Å². The summed E-state index contributed by atoms with van der Waals surface area (Å²) in [5.41, 5.74) is 2.16. The third-order valence-corrected chi connectivity index (χ3v) is 15.2. The minimum absolute atomic E-state index is 0.0617. The molecule has 1 aromatic rings. The molecule has 3 N–H and O–H groups in total. The molecule has 0 radical (unpaired) electrons. The second kappa shape index (κ2) is 11.0. The normalized spacial score (nSPS) is 46.4. The molecule has 0 spiro atoms. The molecule has 5 aliphatic rings. The maximum Gasteiger partial charge on any atom is 0.330 e. The smallest absolute Gasteiger partial charge is 0.330 e. The molecule has 11 atom stereocenters. The quantitative estimate of drug-likeness (QED) is 0.174. The highest BCUT2D eigenvalue weighted by Crippen LogP contribution is 2.77. The highest BCUT2D eigenvalue weighted by atomic mass is 16.5. The van der Waals surface area contributed by atoms with Crippen LogP contribution in [0.4, 0.5) is 0 Å². The lowest BCUT2D eigenvalue weighted by molar-refractivity contribution is -0.256. The molecule has 5 heteroatoms. The number of aliphatic hydroxyl groups excluding tert-OH is 2. The number of aliphatic hydroxyl groups is 2. The highest BCUT2D eigenvalue weighted by molar-refractivity contribution is 5.87. The summed E-state index contributed by atoms with van der Waals surface area (Å²) < 4.78 is 5.90. The molecule has 0 heterocycles. The van der Waals surface area contributed by atoms with Crippen molar-refractivity contribution in [2.24, 2.45) is 56.7 Å². The molecule has 0 aromatic heterocycles. The van der Waals surface area contributed by atoms with Crippen LogP contribution in [0.2, 0.25) is 0 Å². The van der Waals surface area contributed by atoms with Crippen LogP contribution in [0.5, 0.6) is 5.75 Å². The van der Waals surface area contributed by atoms with Crippen molar-refractivity contribution in [3.63, 3.8) is 0 Å². The van der Waals surface area contributed by atoms with Crippen LogP contribution in [0.3, 0.4) is 0 Å². The largest absolute Gasteiger partial charge is 0.508 e. The number of allylic oxidation sites excluding steroid dienone is 1. The van der Waals surface area contributed by atoms with Gasteiger partial charge in [-0.2, -0.15) is 0 Å². The van der Waals surface area contributed by atoms with Gasteiger partial charge in [0.05, 0.1) is 12.7 Å². The van der Waals surface area contributed by atoms with Crippen molar-refractivity contribution >= 4 is 12.0 Å². The number of phenols is 1. The molecular weight excluding hydrogens is 548 g/mol. The van der Waals surface area contributed by atoms with Gasteiger partial charge in [-0.25, -0.2) is 4.79 Å². The third-order valence-electron chi connectivity index (χ3n) is 15.2. The highest BCUT2D eigenvalue weighted by Gasteiger charge is 2.71. The molecule has 5 fully saturated rings. The number of hydrogen-bond acceptors (Lipinski definition) is 5. The predicted molar refractivity (Wildman–Crippen MR) is 174 cm³/mol. The molecule has 1 aromatic carbocycles. The van der Waals surface area contributed by atoms with Crippen LogP contribution in [-0.2, 0) is 9.53 Å². The number of ether oxygens (including phenoxy) is 1. The zero-order valence-corrected chi connectivity index (χ0v) is 27.8. The zero-order valence-electron chi connectivity index (χ0n) is 27.8. The van der Waals surface area contributed by atoms with E-state index in [2.05, 4.69) is 41.2 Å². The first-order valence-electron chi connectivity index (χ1n) is 17.3. The summed E-state index contributed by atoms with van der Waals surface area (Å²) >= 11 is 0. The second-order valence-corrected chi connectivity index (χ2v) is 16.8. The fourth-order valence-electron chi connectivity index (χ4n) is 12.6. The number of aromatic hydroxyl groups is 1. The Morgan fingerprint density at radius 1 is 0.932 bits per heavy atom. The fourth-order valence-corrected chi connectivity index (χ4v) is 12.6. The van der Waals surface area contributed by atoms with Crippen LogP contribution in [0.15, 0.2) is 42.5 Å². The van der Waals surface area contributed by atoms with Crippen molar-refractivity contribution in [2.75, 3.05) is 13.2 Å². The van der Waals surface area contributed by atoms with E-state index in [9.17, 15) is 20.1 Å². The van der Waals surface area contributed by atoms with Gasteiger partial charge in [-0.05, 0) is 146 Å².